The highest BCUT2D eigenvalue weighted by Gasteiger charge is 2.07. The lowest BCUT2D eigenvalue weighted by atomic mass is 10.3. The van der Waals surface area contributed by atoms with E-state index in [0.717, 1.165) is 17.5 Å². The molecule has 8 heteroatoms. The number of rotatable bonds is 6. The van der Waals surface area contributed by atoms with Gasteiger partial charge in [-0.3, -0.25) is 4.68 Å². The summed E-state index contributed by atoms with van der Waals surface area (Å²) in [5.74, 6) is 0. The van der Waals surface area contributed by atoms with Crippen LogP contribution in [0.4, 0.5) is 5.69 Å². The van der Waals surface area contributed by atoms with Gasteiger partial charge in [0.25, 0.3) is 0 Å². The average molecular weight is 296 g/mol. The van der Waals surface area contributed by atoms with E-state index in [2.05, 4.69) is 15.4 Å². The van der Waals surface area contributed by atoms with Crippen molar-refractivity contribution in [1.82, 2.24) is 14.8 Å². The van der Waals surface area contributed by atoms with E-state index < -0.39 is 9.84 Å². The van der Waals surface area contributed by atoms with Gasteiger partial charge in [0.15, 0.2) is 14.9 Å². The standard InChI is InChI=1S/C12H16N4O3S/c1-20(18,19)12-3-2-11(8-14-12)13-6-10-7-15-16(9-10)4-5-17/h2-3,7-9,13,17H,4-6H2,1H3. The number of hydrogen-bond acceptors (Lipinski definition) is 6. The second kappa shape index (κ2) is 6.02. The van der Waals surface area contributed by atoms with Crippen LogP contribution in [-0.4, -0.2) is 41.2 Å². The van der Waals surface area contributed by atoms with E-state index in [4.69, 9.17) is 5.11 Å². The van der Waals surface area contributed by atoms with E-state index in [9.17, 15) is 8.42 Å². The first-order chi connectivity index (χ1) is 9.49. The molecule has 2 N–H and O–H groups in total. The summed E-state index contributed by atoms with van der Waals surface area (Å²) in [6, 6.07) is 3.13. The summed E-state index contributed by atoms with van der Waals surface area (Å²) in [4.78, 5) is 3.89. The summed E-state index contributed by atoms with van der Waals surface area (Å²) in [5, 5.41) is 16.1. The van der Waals surface area contributed by atoms with Crippen molar-refractivity contribution >= 4 is 15.5 Å². The van der Waals surface area contributed by atoms with E-state index in [-0.39, 0.29) is 11.6 Å². The molecule has 0 saturated heterocycles. The first kappa shape index (κ1) is 14.5. The Hall–Kier alpha value is -1.93. The van der Waals surface area contributed by atoms with Crippen LogP contribution in [0.1, 0.15) is 5.56 Å². The third-order valence-corrected chi connectivity index (χ3v) is 3.63. The molecule has 0 bridgehead atoms. The fourth-order valence-electron chi connectivity index (χ4n) is 1.63. The molecule has 0 aliphatic rings. The van der Waals surface area contributed by atoms with Crippen LogP contribution in [-0.2, 0) is 22.9 Å². The number of aliphatic hydroxyl groups is 1. The zero-order valence-electron chi connectivity index (χ0n) is 11.0. The van der Waals surface area contributed by atoms with Crippen molar-refractivity contribution in [3.63, 3.8) is 0 Å². The molecule has 0 atom stereocenters. The van der Waals surface area contributed by atoms with Gasteiger partial charge in [-0.15, -0.1) is 0 Å². The molecule has 7 nitrogen and oxygen atoms in total. The molecule has 20 heavy (non-hydrogen) atoms. The summed E-state index contributed by atoms with van der Waals surface area (Å²) in [6.07, 6.45) is 6.15. The summed E-state index contributed by atoms with van der Waals surface area (Å²) in [6.45, 7) is 1.06. The van der Waals surface area contributed by atoms with Crippen molar-refractivity contribution in [2.75, 3.05) is 18.2 Å². The maximum absolute atomic E-state index is 11.3. The molecule has 0 spiro atoms. The van der Waals surface area contributed by atoms with Crippen LogP contribution in [0.5, 0.6) is 0 Å². The van der Waals surface area contributed by atoms with Gasteiger partial charge in [-0.1, -0.05) is 0 Å². The molecule has 0 radical (unpaired) electrons. The van der Waals surface area contributed by atoms with Crippen molar-refractivity contribution < 1.29 is 13.5 Å². The summed E-state index contributed by atoms with van der Waals surface area (Å²) >= 11 is 0. The van der Waals surface area contributed by atoms with Gasteiger partial charge in [0.05, 0.1) is 31.2 Å². The molecule has 0 aromatic carbocycles. The van der Waals surface area contributed by atoms with Crippen LogP contribution in [0.25, 0.3) is 0 Å². The van der Waals surface area contributed by atoms with Crippen molar-refractivity contribution in [1.29, 1.82) is 0 Å². The topological polar surface area (TPSA) is 97.1 Å². The average Bonchev–Trinajstić information content (AvgIpc) is 2.84. The molecule has 0 saturated carbocycles. The summed E-state index contributed by atoms with van der Waals surface area (Å²) < 4.78 is 24.2. The number of anilines is 1. The normalized spacial score (nSPS) is 11.5. The molecule has 0 aliphatic carbocycles. The van der Waals surface area contributed by atoms with E-state index in [0.29, 0.717) is 13.1 Å². The Bertz CT molecular complexity index is 664. The first-order valence-electron chi connectivity index (χ1n) is 6.01. The Morgan fingerprint density at radius 1 is 1.35 bits per heavy atom. The smallest absolute Gasteiger partial charge is 0.192 e. The van der Waals surface area contributed by atoms with Gasteiger partial charge in [0.1, 0.15) is 0 Å². The Kier molecular flexibility index (Phi) is 4.35. The fourth-order valence-corrected chi connectivity index (χ4v) is 2.19. The van der Waals surface area contributed by atoms with Crippen molar-refractivity contribution in [2.45, 2.75) is 18.1 Å². The van der Waals surface area contributed by atoms with Gasteiger partial charge in [-0.2, -0.15) is 5.10 Å². The lowest BCUT2D eigenvalue weighted by molar-refractivity contribution is 0.269. The van der Waals surface area contributed by atoms with E-state index in [1.165, 1.54) is 12.3 Å². The van der Waals surface area contributed by atoms with Crippen LogP contribution in [0.3, 0.4) is 0 Å². The van der Waals surface area contributed by atoms with Gasteiger partial charge in [0, 0.05) is 24.6 Å². The highest BCUT2D eigenvalue weighted by molar-refractivity contribution is 7.90. The number of aliphatic hydroxyl groups excluding tert-OH is 1. The Balaban J connectivity index is 1.96. The minimum Gasteiger partial charge on any atom is -0.394 e. The minimum absolute atomic E-state index is 0.0470. The predicted octanol–water partition coefficient (Wildman–Crippen LogP) is 0.286. The lowest BCUT2D eigenvalue weighted by Gasteiger charge is -2.05. The van der Waals surface area contributed by atoms with Crippen molar-refractivity contribution in [3.8, 4) is 0 Å². The Morgan fingerprint density at radius 2 is 2.15 bits per heavy atom. The highest BCUT2D eigenvalue weighted by Crippen LogP contribution is 2.11. The second-order valence-electron chi connectivity index (χ2n) is 4.35. The predicted molar refractivity (Wildman–Crippen MR) is 74.0 cm³/mol. The zero-order chi connectivity index (χ0) is 14.6. The minimum atomic E-state index is -3.27. The monoisotopic (exact) mass is 296 g/mol. The molecule has 108 valence electrons. The van der Waals surface area contributed by atoms with Gasteiger partial charge < -0.3 is 10.4 Å². The van der Waals surface area contributed by atoms with Crippen molar-refractivity contribution in [3.05, 3.63) is 36.3 Å². The second-order valence-corrected chi connectivity index (χ2v) is 6.31. The number of nitrogens with zero attached hydrogens (tertiary/aromatic N) is 3. The molecular formula is C12H16N4O3S. The summed E-state index contributed by atoms with van der Waals surface area (Å²) in [7, 11) is -3.27. The molecule has 2 aromatic heterocycles. The van der Waals surface area contributed by atoms with E-state index >= 15 is 0 Å². The van der Waals surface area contributed by atoms with E-state index in [1.807, 2.05) is 6.20 Å². The molecule has 0 unspecified atom stereocenters. The number of aromatic nitrogens is 3. The van der Waals surface area contributed by atoms with Crippen LogP contribution in [0, 0.1) is 0 Å². The molecule has 0 aliphatic heterocycles. The zero-order valence-corrected chi connectivity index (χ0v) is 11.8. The van der Waals surface area contributed by atoms with Crippen LogP contribution < -0.4 is 5.32 Å². The van der Waals surface area contributed by atoms with Gasteiger partial charge in [-0.25, -0.2) is 13.4 Å². The quantitative estimate of drug-likeness (QED) is 0.795. The van der Waals surface area contributed by atoms with Crippen LogP contribution >= 0.6 is 0 Å². The highest BCUT2D eigenvalue weighted by atomic mass is 32.2. The number of pyridine rings is 1. The fraction of sp³-hybridized carbons (Fsp3) is 0.333. The molecule has 0 amide bonds. The molecular weight excluding hydrogens is 280 g/mol. The summed E-state index contributed by atoms with van der Waals surface area (Å²) in [5.41, 5.74) is 1.69. The molecule has 0 fully saturated rings. The van der Waals surface area contributed by atoms with E-state index in [1.54, 1.807) is 16.9 Å². The maximum atomic E-state index is 11.3. The number of nitrogens with one attached hydrogen (secondary N) is 1. The van der Waals surface area contributed by atoms with Gasteiger partial charge in [-0.05, 0) is 12.1 Å². The van der Waals surface area contributed by atoms with Crippen LogP contribution in [0.2, 0.25) is 0 Å². The van der Waals surface area contributed by atoms with Gasteiger partial charge in [0.2, 0.25) is 0 Å². The molecule has 2 heterocycles. The van der Waals surface area contributed by atoms with Crippen molar-refractivity contribution in [2.24, 2.45) is 0 Å². The third-order valence-electron chi connectivity index (χ3n) is 2.63. The maximum Gasteiger partial charge on any atom is 0.192 e. The Labute approximate surface area is 117 Å². The number of sulfone groups is 1. The third kappa shape index (κ3) is 3.78. The SMILES string of the molecule is CS(=O)(=O)c1ccc(NCc2cnn(CCO)c2)cn1. The molecule has 2 rings (SSSR count). The largest absolute Gasteiger partial charge is 0.394 e. The Morgan fingerprint density at radius 3 is 2.75 bits per heavy atom. The first-order valence-corrected chi connectivity index (χ1v) is 7.90. The molecule has 2 aromatic rings. The van der Waals surface area contributed by atoms with Crippen LogP contribution in [0.15, 0.2) is 35.7 Å². The van der Waals surface area contributed by atoms with Gasteiger partial charge >= 0.3 is 0 Å². The number of hydrogen-bond donors (Lipinski definition) is 2. The lowest BCUT2D eigenvalue weighted by Crippen LogP contribution is -2.03.